The van der Waals surface area contributed by atoms with Gasteiger partial charge in [-0.3, -0.25) is 4.79 Å². The van der Waals surface area contributed by atoms with E-state index in [9.17, 15) is 4.79 Å². The van der Waals surface area contributed by atoms with E-state index in [1.165, 1.54) is 0 Å². The van der Waals surface area contributed by atoms with Gasteiger partial charge < -0.3 is 14.2 Å². The number of anilines is 1. The standard InChI is InChI=1S/C21H22N2O3/c1-14(20-15(2)22-26-16(20)3)21(24)23(4)17-10-12-19(13-11-17)25-18-8-6-5-7-9-18/h5-14H,1-4H3/t14-/m1/s1. The van der Waals surface area contributed by atoms with Crippen LogP contribution in [0.15, 0.2) is 59.1 Å². The maximum Gasteiger partial charge on any atom is 0.234 e. The molecule has 0 saturated carbocycles. The zero-order valence-corrected chi connectivity index (χ0v) is 15.4. The molecule has 0 fully saturated rings. The van der Waals surface area contributed by atoms with Gasteiger partial charge in [-0.2, -0.15) is 0 Å². The number of nitrogens with zero attached hydrogens (tertiary/aromatic N) is 2. The number of carbonyl (C=O) groups is 1. The molecule has 0 saturated heterocycles. The first-order valence-corrected chi connectivity index (χ1v) is 8.50. The fraction of sp³-hybridized carbons (Fsp3) is 0.238. The lowest BCUT2D eigenvalue weighted by molar-refractivity contribution is -0.119. The number of carbonyl (C=O) groups excluding carboxylic acids is 1. The Morgan fingerprint density at radius 1 is 1.04 bits per heavy atom. The van der Waals surface area contributed by atoms with E-state index in [-0.39, 0.29) is 11.8 Å². The molecule has 134 valence electrons. The molecule has 3 rings (SSSR count). The molecule has 1 atom stereocenters. The molecule has 2 aromatic carbocycles. The van der Waals surface area contributed by atoms with Crippen LogP contribution >= 0.6 is 0 Å². The number of hydrogen-bond donors (Lipinski definition) is 0. The number of ether oxygens (including phenoxy) is 1. The zero-order valence-electron chi connectivity index (χ0n) is 15.4. The number of hydrogen-bond acceptors (Lipinski definition) is 4. The Morgan fingerprint density at radius 3 is 2.23 bits per heavy atom. The van der Waals surface area contributed by atoms with E-state index < -0.39 is 0 Å². The normalized spacial score (nSPS) is 11.8. The van der Waals surface area contributed by atoms with Crippen molar-refractivity contribution in [1.82, 2.24) is 5.16 Å². The monoisotopic (exact) mass is 350 g/mol. The third-order valence-electron chi connectivity index (χ3n) is 4.43. The van der Waals surface area contributed by atoms with Gasteiger partial charge in [0.05, 0.1) is 11.6 Å². The smallest absolute Gasteiger partial charge is 0.234 e. The molecule has 0 N–H and O–H groups in total. The molecule has 5 nitrogen and oxygen atoms in total. The Kier molecular flexibility index (Phi) is 5.07. The molecule has 1 heterocycles. The lowest BCUT2D eigenvalue weighted by Crippen LogP contribution is -2.30. The summed E-state index contributed by atoms with van der Waals surface area (Å²) in [4.78, 5) is 14.5. The number of rotatable bonds is 5. The van der Waals surface area contributed by atoms with Crippen LogP contribution in [0.4, 0.5) is 5.69 Å². The van der Waals surface area contributed by atoms with E-state index in [2.05, 4.69) is 5.16 Å². The lowest BCUT2D eigenvalue weighted by Gasteiger charge is -2.22. The number of para-hydroxylation sites is 1. The van der Waals surface area contributed by atoms with Crippen LogP contribution < -0.4 is 9.64 Å². The Morgan fingerprint density at radius 2 is 1.65 bits per heavy atom. The zero-order chi connectivity index (χ0) is 18.7. The predicted molar refractivity (Wildman–Crippen MR) is 101 cm³/mol. The van der Waals surface area contributed by atoms with E-state index >= 15 is 0 Å². The number of likely N-dealkylation sites (N-methyl/N-ethyl adjacent to an activating group) is 1. The Labute approximate surface area is 153 Å². The van der Waals surface area contributed by atoms with E-state index in [4.69, 9.17) is 9.26 Å². The highest BCUT2D eigenvalue weighted by molar-refractivity contribution is 5.97. The van der Waals surface area contributed by atoms with Gasteiger partial charge in [-0.05, 0) is 57.2 Å². The summed E-state index contributed by atoms with van der Waals surface area (Å²) in [5.74, 6) is 1.84. The van der Waals surface area contributed by atoms with Crippen molar-refractivity contribution in [3.8, 4) is 11.5 Å². The Bertz CT molecular complexity index is 866. The van der Waals surface area contributed by atoms with Crippen molar-refractivity contribution in [2.75, 3.05) is 11.9 Å². The molecule has 0 radical (unpaired) electrons. The van der Waals surface area contributed by atoms with Crippen LogP contribution in [-0.4, -0.2) is 18.1 Å². The highest BCUT2D eigenvalue weighted by atomic mass is 16.5. The van der Waals surface area contributed by atoms with Crippen molar-refractivity contribution < 1.29 is 14.1 Å². The van der Waals surface area contributed by atoms with E-state index in [1.54, 1.807) is 11.9 Å². The summed E-state index contributed by atoms with van der Waals surface area (Å²) in [6.45, 7) is 5.55. The van der Waals surface area contributed by atoms with Crippen molar-refractivity contribution in [2.45, 2.75) is 26.7 Å². The molecular weight excluding hydrogens is 328 g/mol. The van der Waals surface area contributed by atoms with Gasteiger partial charge >= 0.3 is 0 Å². The van der Waals surface area contributed by atoms with Gasteiger partial charge in [0.1, 0.15) is 17.3 Å². The van der Waals surface area contributed by atoms with Crippen LogP contribution in [0.5, 0.6) is 11.5 Å². The summed E-state index contributed by atoms with van der Waals surface area (Å²) in [6.07, 6.45) is 0. The van der Waals surface area contributed by atoms with Gasteiger partial charge in [0, 0.05) is 18.3 Å². The molecule has 0 spiro atoms. The maximum absolute atomic E-state index is 12.8. The van der Waals surface area contributed by atoms with Gasteiger partial charge in [-0.15, -0.1) is 0 Å². The molecule has 0 bridgehead atoms. The van der Waals surface area contributed by atoms with Crippen molar-refractivity contribution in [1.29, 1.82) is 0 Å². The van der Waals surface area contributed by atoms with E-state index in [1.807, 2.05) is 75.4 Å². The van der Waals surface area contributed by atoms with Gasteiger partial charge in [0.25, 0.3) is 0 Å². The van der Waals surface area contributed by atoms with Crippen LogP contribution in [0.25, 0.3) is 0 Å². The first-order valence-electron chi connectivity index (χ1n) is 8.50. The molecule has 0 aliphatic heterocycles. The minimum atomic E-state index is -0.327. The third-order valence-corrected chi connectivity index (χ3v) is 4.43. The predicted octanol–water partition coefficient (Wildman–Crippen LogP) is 4.85. The van der Waals surface area contributed by atoms with Crippen LogP contribution in [-0.2, 0) is 4.79 Å². The molecular formula is C21H22N2O3. The quantitative estimate of drug-likeness (QED) is 0.660. The number of aromatic nitrogens is 1. The van der Waals surface area contributed by atoms with E-state index in [0.29, 0.717) is 5.76 Å². The Balaban J connectivity index is 1.73. The van der Waals surface area contributed by atoms with Gasteiger partial charge in [-0.25, -0.2) is 0 Å². The lowest BCUT2D eigenvalue weighted by atomic mass is 9.98. The third kappa shape index (κ3) is 3.61. The Hall–Kier alpha value is -3.08. The van der Waals surface area contributed by atoms with Crippen molar-refractivity contribution >= 4 is 11.6 Å². The first-order chi connectivity index (χ1) is 12.5. The van der Waals surface area contributed by atoms with Gasteiger partial charge in [-0.1, -0.05) is 23.4 Å². The molecule has 1 amide bonds. The maximum atomic E-state index is 12.8. The fourth-order valence-corrected chi connectivity index (χ4v) is 3.01. The average molecular weight is 350 g/mol. The second-order valence-corrected chi connectivity index (χ2v) is 6.27. The summed E-state index contributed by atoms with van der Waals surface area (Å²) >= 11 is 0. The highest BCUT2D eigenvalue weighted by Crippen LogP contribution is 2.28. The van der Waals surface area contributed by atoms with Crippen LogP contribution in [0.3, 0.4) is 0 Å². The number of benzene rings is 2. The second kappa shape index (κ2) is 7.44. The highest BCUT2D eigenvalue weighted by Gasteiger charge is 2.26. The molecule has 5 heteroatoms. The van der Waals surface area contributed by atoms with E-state index in [0.717, 1.165) is 28.4 Å². The topological polar surface area (TPSA) is 55.6 Å². The molecule has 1 aromatic heterocycles. The second-order valence-electron chi connectivity index (χ2n) is 6.27. The summed E-state index contributed by atoms with van der Waals surface area (Å²) in [6, 6.07) is 17.0. The minimum Gasteiger partial charge on any atom is -0.457 e. The van der Waals surface area contributed by atoms with Crippen molar-refractivity contribution in [2.24, 2.45) is 0 Å². The van der Waals surface area contributed by atoms with Crippen LogP contribution in [0, 0.1) is 13.8 Å². The van der Waals surface area contributed by atoms with Gasteiger partial charge in [0.15, 0.2) is 0 Å². The van der Waals surface area contributed by atoms with Gasteiger partial charge in [0.2, 0.25) is 5.91 Å². The average Bonchev–Trinajstić information content (AvgIpc) is 3.00. The first kappa shape index (κ1) is 17.7. The minimum absolute atomic E-state index is 0.0175. The molecule has 26 heavy (non-hydrogen) atoms. The fourth-order valence-electron chi connectivity index (χ4n) is 3.01. The summed E-state index contributed by atoms with van der Waals surface area (Å²) in [7, 11) is 1.77. The molecule has 0 aliphatic rings. The van der Waals surface area contributed by atoms with Crippen LogP contribution in [0.1, 0.15) is 29.9 Å². The summed E-state index contributed by atoms with van der Waals surface area (Å²) in [5.41, 5.74) is 2.41. The molecule has 0 unspecified atom stereocenters. The molecule has 0 aliphatic carbocycles. The molecule has 3 aromatic rings. The van der Waals surface area contributed by atoms with Crippen LogP contribution in [0.2, 0.25) is 0 Å². The number of amides is 1. The summed E-state index contributed by atoms with van der Waals surface area (Å²) in [5, 5.41) is 3.94. The largest absolute Gasteiger partial charge is 0.457 e. The summed E-state index contributed by atoms with van der Waals surface area (Å²) < 4.78 is 11.0. The number of aryl methyl sites for hydroxylation is 2. The van der Waals surface area contributed by atoms with Crippen molar-refractivity contribution in [3.05, 3.63) is 71.6 Å². The van der Waals surface area contributed by atoms with Crippen molar-refractivity contribution in [3.63, 3.8) is 0 Å². The SMILES string of the molecule is Cc1noc(C)c1[C@@H](C)C(=O)N(C)c1ccc(Oc2ccccc2)cc1.